The van der Waals surface area contributed by atoms with Crippen molar-refractivity contribution >= 4 is 54.5 Å². The SMILES string of the molecule is NNC(Cc1cc(Br)ccc1F)c1cc(Br)ccc1I. The summed E-state index contributed by atoms with van der Waals surface area (Å²) in [6.07, 6.45) is 0.480. The fourth-order valence-electron chi connectivity index (χ4n) is 1.96. The topological polar surface area (TPSA) is 38.0 Å². The van der Waals surface area contributed by atoms with Gasteiger partial charge in [-0.05, 0) is 76.5 Å². The summed E-state index contributed by atoms with van der Waals surface area (Å²) in [7, 11) is 0. The summed E-state index contributed by atoms with van der Waals surface area (Å²) < 4.78 is 16.8. The van der Waals surface area contributed by atoms with E-state index in [0.717, 1.165) is 18.1 Å². The zero-order valence-electron chi connectivity index (χ0n) is 10.3. The zero-order valence-corrected chi connectivity index (χ0v) is 15.7. The Hall–Kier alpha value is -0.0200. The summed E-state index contributed by atoms with van der Waals surface area (Å²) in [5, 5.41) is 0. The van der Waals surface area contributed by atoms with Gasteiger partial charge in [-0.3, -0.25) is 11.3 Å². The Morgan fingerprint density at radius 1 is 1.15 bits per heavy atom. The van der Waals surface area contributed by atoms with E-state index in [1.807, 2.05) is 18.2 Å². The van der Waals surface area contributed by atoms with Crippen LogP contribution in [0.15, 0.2) is 45.3 Å². The van der Waals surface area contributed by atoms with Gasteiger partial charge in [-0.1, -0.05) is 31.9 Å². The Labute approximate surface area is 147 Å². The molecule has 0 heterocycles. The first-order valence-corrected chi connectivity index (χ1v) is 8.52. The first-order valence-electron chi connectivity index (χ1n) is 5.86. The third-order valence-corrected chi connectivity index (χ3v) is 4.94. The van der Waals surface area contributed by atoms with Crippen LogP contribution in [0.5, 0.6) is 0 Å². The van der Waals surface area contributed by atoms with Gasteiger partial charge in [-0.2, -0.15) is 0 Å². The molecule has 106 valence electrons. The molecule has 2 rings (SSSR count). The third-order valence-electron chi connectivity index (χ3n) is 2.97. The van der Waals surface area contributed by atoms with Gasteiger partial charge in [0, 0.05) is 12.5 Å². The van der Waals surface area contributed by atoms with Crippen LogP contribution in [0.2, 0.25) is 0 Å². The highest BCUT2D eigenvalue weighted by molar-refractivity contribution is 14.1. The monoisotopic (exact) mass is 512 g/mol. The van der Waals surface area contributed by atoms with Gasteiger partial charge in [0.05, 0.1) is 6.04 Å². The van der Waals surface area contributed by atoms with Crippen molar-refractivity contribution < 1.29 is 4.39 Å². The Morgan fingerprint density at radius 3 is 2.50 bits per heavy atom. The van der Waals surface area contributed by atoms with Crippen LogP contribution in [-0.2, 0) is 6.42 Å². The van der Waals surface area contributed by atoms with Gasteiger partial charge < -0.3 is 0 Å². The highest BCUT2D eigenvalue weighted by Crippen LogP contribution is 2.27. The predicted octanol–water partition coefficient (Wildman–Crippen LogP) is 4.70. The summed E-state index contributed by atoms with van der Waals surface area (Å²) in [6, 6.07) is 10.8. The number of halogens is 4. The highest BCUT2D eigenvalue weighted by atomic mass is 127. The molecule has 20 heavy (non-hydrogen) atoms. The summed E-state index contributed by atoms with van der Waals surface area (Å²) >= 11 is 9.07. The molecule has 0 fully saturated rings. The van der Waals surface area contributed by atoms with Crippen LogP contribution >= 0.6 is 54.5 Å². The summed E-state index contributed by atoms with van der Waals surface area (Å²) in [5.41, 5.74) is 4.44. The average Bonchev–Trinajstić information content (AvgIpc) is 2.42. The van der Waals surface area contributed by atoms with Crippen molar-refractivity contribution in [1.29, 1.82) is 0 Å². The van der Waals surface area contributed by atoms with Crippen LogP contribution in [0, 0.1) is 9.39 Å². The van der Waals surface area contributed by atoms with E-state index in [9.17, 15) is 4.39 Å². The van der Waals surface area contributed by atoms with Crippen molar-refractivity contribution in [1.82, 2.24) is 5.43 Å². The average molecular weight is 514 g/mol. The predicted molar refractivity (Wildman–Crippen MR) is 94.7 cm³/mol. The third kappa shape index (κ3) is 4.00. The van der Waals surface area contributed by atoms with Gasteiger partial charge >= 0.3 is 0 Å². The first-order chi connectivity index (χ1) is 9.51. The molecule has 1 unspecified atom stereocenters. The second-order valence-corrected chi connectivity index (χ2v) is 7.32. The van der Waals surface area contributed by atoms with Crippen molar-refractivity contribution in [2.75, 3.05) is 0 Å². The lowest BCUT2D eigenvalue weighted by Crippen LogP contribution is -2.30. The molecular weight excluding hydrogens is 502 g/mol. The molecule has 0 aliphatic heterocycles. The standard InChI is InChI=1S/C14H12Br2FIN2/c15-9-1-3-12(17)8(5-9)6-14(20-19)11-7-10(16)2-4-13(11)18/h1-5,7,14,20H,6,19H2. The van der Waals surface area contributed by atoms with Gasteiger partial charge in [0.1, 0.15) is 5.82 Å². The number of rotatable bonds is 4. The minimum Gasteiger partial charge on any atom is -0.271 e. The molecule has 2 aromatic carbocycles. The van der Waals surface area contributed by atoms with E-state index in [0.29, 0.717) is 12.0 Å². The second kappa shape index (κ2) is 7.31. The lowest BCUT2D eigenvalue weighted by molar-refractivity contribution is 0.527. The molecule has 0 amide bonds. The normalized spacial score (nSPS) is 12.4. The van der Waals surface area contributed by atoms with E-state index >= 15 is 0 Å². The largest absolute Gasteiger partial charge is 0.271 e. The molecule has 6 heteroatoms. The lowest BCUT2D eigenvalue weighted by atomic mass is 9.99. The van der Waals surface area contributed by atoms with Crippen molar-refractivity contribution in [3.63, 3.8) is 0 Å². The van der Waals surface area contributed by atoms with Gasteiger partial charge in [0.25, 0.3) is 0 Å². The van der Waals surface area contributed by atoms with Gasteiger partial charge in [-0.25, -0.2) is 4.39 Å². The molecule has 2 aromatic rings. The van der Waals surface area contributed by atoms with E-state index in [1.165, 1.54) is 6.07 Å². The number of nitrogens with two attached hydrogens (primary N) is 1. The Bertz CT molecular complexity index is 622. The van der Waals surface area contributed by atoms with E-state index in [1.54, 1.807) is 12.1 Å². The molecule has 0 saturated carbocycles. The lowest BCUT2D eigenvalue weighted by Gasteiger charge is -2.19. The Kier molecular flexibility index (Phi) is 5.97. The van der Waals surface area contributed by atoms with E-state index < -0.39 is 0 Å². The number of hydrogen-bond acceptors (Lipinski definition) is 2. The zero-order chi connectivity index (χ0) is 14.7. The number of nitrogens with one attached hydrogen (secondary N) is 1. The summed E-state index contributed by atoms with van der Waals surface area (Å²) in [6.45, 7) is 0. The summed E-state index contributed by atoms with van der Waals surface area (Å²) in [5.74, 6) is 5.43. The summed E-state index contributed by atoms with van der Waals surface area (Å²) in [4.78, 5) is 0. The van der Waals surface area contributed by atoms with Crippen molar-refractivity contribution in [2.45, 2.75) is 12.5 Å². The van der Waals surface area contributed by atoms with Crippen LogP contribution in [0.4, 0.5) is 4.39 Å². The van der Waals surface area contributed by atoms with E-state index in [-0.39, 0.29) is 11.9 Å². The van der Waals surface area contributed by atoms with E-state index in [2.05, 4.69) is 59.9 Å². The molecule has 0 saturated heterocycles. The van der Waals surface area contributed by atoms with Gasteiger partial charge in [0.2, 0.25) is 0 Å². The molecule has 0 aromatic heterocycles. The maximum atomic E-state index is 13.9. The molecule has 0 radical (unpaired) electrons. The quantitative estimate of drug-likeness (QED) is 0.353. The van der Waals surface area contributed by atoms with Crippen molar-refractivity contribution in [3.8, 4) is 0 Å². The molecular formula is C14H12Br2FIN2. The number of benzene rings is 2. The number of hydrazine groups is 1. The second-order valence-electron chi connectivity index (χ2n) is 4.32. The van der Waals surface area contributed by atoms with Gasteiger partial charge in [-0.15, -0.1) is 0 Å². The molecule has 3 N–H and O–H groups in total. The molecule has 0 aliphatic carbocycles. The van der Waals surface area contributed by atoms with Crippen LogP contribution < -0.4 is 11.3 Å². The fourth-order valence-corrected chi connectivity index (χ4v) is 3.46. The highest BCUT2D eigenvalue weighted by Gasteiger charge is 2.16. The van der Waals surface area contributed by atoms with Gasteiger partial charge in [0.15, 0.2) is 0 Å². The van der Waals surface area contributed by atoms with E-state index in [4.69, 9.17) is 5.84 Å². The molecule has 2 nitrogen and oxygen atoms in total. The Morgan fingerprint density at radius 2 is 1.80 bits per heavy atom. The molecule has 0 aliphatic rings. The van der Waals surface area contributed by atoms with Crippen LogP contribution in [-0.4, -0.2) is 0 Å². The fraction of sp³-hybridized carbons (Fsp3) is 0.143. The number of hydrogen-bond donors (Lipinski definition) is 2. The van der Waals surface area contributed by atoms with Crippen molar-refractivity contribution in [2.24, 2.45) is 5.84 Å². The maximum absolute atomic E-state index is 13.9. The molecule has 0 bridgehead atoms. The molecule has 0 spiro atoms. The smallest absolute Gasteiger partial charge is 0.126 e. The molecule has 1 atom stereocenters. The minimum atomic E-state index is -0.224. The van der Waals surface area contributed by atoms with Crippen LogP contribution in [0.25, 0.3) is 0 Å². The van der Waals surface area contributed by atoms with Crippen LogP contribution in [0.3, 0.4) is 0 Å². The maximum Gasteiger partial charge on any atom is 0.126 e. The Balaban J connectivity index is 2.33. The minimum absolute atomic E-state index is 0.150. The van der Waals surface area contributed by atoms with Crippen molar-refractivity contribution in [3.05, 3.63) is 65.9 Å². The first kappa shape index (κ1) is 16.4. The van der Waals surface area contributed by atoms with Crippen LogP contribution in [0.1, 0.15) is 17.2 Å².